The fraction of sp³-hybridized carbons (Fsp3) is 0.296. The number of nitrogens with one attached hydrogen (secondary N) is 1. The molecule has 35 heavy (non-hydrogen) atoms. The third-order valence-electron chi connectivity index (χ3n) is 6.98. The predicted molar refractivity (Wildman–Crippen MR) is 136 cm³/mol. The van der Waals surface area contributed by atoms with Gasteiger partial charge in [-0.15, -0.1) is 0 Å². The van der Waals surface area contributed by atoms with Gasteiger partial charge in [-0.2, -0.15) is 0 Å². The topological polar surface area (TPSA) is 87.9 Å². The first kappa shape index (κ1) is 22.7. The van der Waals surface area contributed by atoms with Crippen LogP contribution in [0.4, 0.5) is 22.7 Å². The zero-order valence-electron chi connectivity index (χ0n) is 19.8. The van der Waals surface area contributed by atoms with Gasteiger partial charge in [0.2, 0.25) is 5.91 Å². The van der Waals surface area contributed by atoms with Gasteiger partial charge in [0, 0.05) is 54.9 Å². The number of aryl methyl sites for hydroxylation is 1. The molecule has 1 fully saturated rings. The van der Waals surface area contributed by atoms with Crippen LogP contribution in [0.5, 0.6) is 5.75 Å². The minimum absolute atomic E-state index is 0.0486. The Hall–Kier alpha value is -4.07. The van der Waals surface area contributed by atoms with Gasteiger partial charge >= 0.3 is 0 Å². The summed E-state index contributed by atoms with van der Waals surface area (Å²) in [6.45, 7) is 4.29. The van der Waals surface area contributed by atoms with Gasteiger partial charge in [0.1, 0.15) is 5.75 Å². The van der Waals surface area contributed by atoms with Crippen LogP contribution in [-0.4, -0.2) is 43.6 Å². The summed E-state index contributed by atoms with van der Waals surface area (Å²) < 4.78 is 5.29. The largest absolute Gasteiger partial charge is 0.497 e. The molecular weight excluding hydrogens is 444 g/mol. The SMILES string of the molecule is COc1cccc(NC(=O)[C@H]2Cc3cc([N+](=O)[O-])ccc3N3CCN(c4ccc(C)cc4)C[C@H]23)c1. The quantitative estimate of drug-likeness (QED) is 0.437. The second-order valence-electron chi connectivity index (χ2n) is 9.14. The zero-order valence-corrected chi connectivity index (χ0v) is 19.8. The number of rotatable bonds is 5. The Morgan fingerprint density at radius 2 is 1.89 bits per heavy atom. The van der Waals surface area contributed by atoms with Crippen molar-refractivity contribution in [2.45, 2.75) is 19.4 Å². The van der Waals surface area contributed by atoms with E-state index in [1.165, 1.54) is 5.56 Å². The van der Waals surface area contributed by atoms with Crippen molar-refractivity contribution in [2.75, 3.05) is 41.9 Å². The van der Waals surface area contributed by atoms with Gasteiger partial charge < -0.3 is 19.9 Å². The first-order valence-electron chi connectivity index (χ1n) is 11.7. The molecule has 1 saturated heterocycles. The van der Waals surface area contributed by atoms with E-state index < -0.39 is 0 Å². The number of hydrogen-bond donors (Lipinski definition) is 1. The van der Waals surface area contributed by atoms with Crippen LogP contribution in [0, 0.1) is 23.0 Å². The molecule has 1 N–H and O–H groups in total. The molecule has 0 radical (unpaired) electrons. The van der Waals surface area contributed by atoms with Crippen LogP contribution < -0.4 is 19.9 Å². The van der Waals surface area contributed by atoms with E-state index in [2.05, 4.69) is 46.3 Å². The highest BCUT2D eigenvalue weighted by Crippen LogP contribution is 2.39. The molecule has 0 unspecified atom stereocenters. The number of nitro benzene ring substituents is 1. The lowest BCUT2D eigenvalue weighted by molar-refractivity contribution is -0.384. The Balaban J connectivity index is 1.47. The second kappa shape index (κ2) is 9.29. The van der Waals surface area contributed by atoms with Gasteiger partial charge in [0.25, 0.3) is 5.69 Å². The molecule has 0 aliphatic carbocycles. The van der Waals surface area contributed by atoms with Gasteiger partial charge in [0.15, 0.2) is 0 Å². The molecule has 0 bridgehead atoms. The number of methoxy groups -OCH3 is 1. The minimum Gasteiger partial charge on any atom is -0.497 e. The summed E-state index contributed by atoms with van der Waals surface area (Å²) in [5.74, 6) is 0.192. The van der Waals surface area contributed by atoms with Crippen LogP contribution in [0.15, 0.2) is 66.7 Å². The van der Waals surface area contributed by atoms with E-state index in [-0.39, 0.29) is 28.5 Å². The summed E-state index contributed by atoms with van der Waals surface area (Å²) in [5.41, 5.74) is 4.87. The molecule has 8 heteroatoms. The van der Waals surface area contributed by atoms with E-state index in [4.69, 9.17) is 4.74 Å². The number of fused-ring (bicyclic) bond motifs is 3. The summed E-state index contributed by atoms with van der Waals surface area (Å²) in [6, 6.07) is 20.7. The number of carbonyl (C=O) groups excluding carboxylic acids is 1. The Morgan fingerprint density at radius 3 is 2.63 bits per heavy atom. The molecule has 0 saturated carbocycles. The minimum atomic E-state index is -0.382. The maximum absolute atomic E-state index is 13.6. The Labute approximate surface area is 204 Å². The lowest BCUT2D eigenvalue weighted by Gasteiger charge is -2.49. The van der Waals surface area contributed by atoms with Gasteiger partial charge in [-0.05, 0) is 49.2 Å². The lowest BCUT2D eigenvalue weighted by atomic mass is 9.83. The van der Waals surface area contributed by atoms with E-state index >= 15 is 0 Å². The number of hydrogen-bond acceptors (Lipinski definition) is 6. The van der Waals surface area contributed by atoms with Crippen LogP contribution in [0.2, 0.25) is 0 Å². The first-order chi connectivity index (χ1) is 16.9. The summed E-state index contributed by atoms with van der Waals surface area (Å²) in [7, 11) is 1.59. The van der Waals surface area contributed by atoms with Crippen molar-refractivity contribution in [3.05, 3.63) is 88.0 Å². The second-order valence-corrected chi connectivity index (χ2v) is 9.14. The number of amides is 1. The number of carbonyl (C=O) groups is 1. The van der Waals surface area contributed by atoms with Crippen LogP contribution in [0.1, 0.15) is 11.1 Å². The Kier molecular flexibility index (Phi) is 6.03. The predicted octanol–water partition coefficient (Wildman–Crippen LogP) is 4.42. The molecule has 0 aromatic heterocycles. The number of ether oxygens (including phenoxy) is 1. The van der Waals surface area contributed by atoms with Gasteiger partial charge in [-0.25, -0.2) is 0 Å². The molecule has 2 heterocycles. The number of nitrogens with zero attached hydrogens (tertiary/aromatic N) is 3. The van der Waals surface area contributed by atoms with E-state index in [0.29, 0.717) is 24.4 Å². The monoisotopic (exact) mass is 472 g/mol. The zero-order chi connectivity index (χ0) is 24.5. The molecule has 2 aliphatic heterocycles. The van der Waals surface area contributed by atoms with Crippen LogP contribution in [-0.2, 0) is 11.2 Å². The number of non-ortho nitro benzene ring substituents is 1. The van der Waals surface area contributed by atoms with Crippen molar-refractivity contribution in [3.63, 3.8) is 0 Å². The van der Waals surface area contributed by atoms with E-state index in [9.17, 15) is 14.9 Å². The summed E-state index contributed by atoms with van der Waals surface area (Å²) >= 11 is 0. The summed E-state index contributed by atoms with van der Waals surface area (Å²) in [5, 5.41) is 14.5. The van der Waals surface area contributed by atoms with Crippen molar-refractivity contribution >= 4 is 28.7 Å². The molecule has 2 atom stereocenters. The van der Waals surface area contributed by atoms with E-state index in [1.807, 2.05) is 24.3 Å². The molecule has 3 aromatic carbocycles. The smallest absolute Gasteiger partial charge is 0.269 e. The Bertz CT molecular complexity index is 1260. The van der Waals surface area contributed by atoms with Crippen molar-refractivity contribution in [3.8, 4) is 5.75 Å². The van der Waals surface area contributed by atoms with Gasteiger partial charge in [-0.3, -0.25) is 14.9 Å². The first-order valence-corrected chi connectivity index (χ1v) is 11.7. The maximum Gasteiger partial charge on any atom is 0.269 e. The van der Waals surface area contributed by atoms with Crippen LogP contribution in [0.3, 0.4) is 0 Å². The van der Waals surface area contributed by atoms with Crippen molar-refractivity contribution < 1.29 is 14.5 Å². The number of anilines is 3. The molecule has 8 nitrogen and oxygen atoms in total. The fourth-order valence-electron chi connectivity index (χ4n) is 5.15. The normalized spacial score (nSPS) is 18.9. The summed E-state index contributed by atoms with van der Waals surface area (Å²) in [6.07, 6.45) is 0.440. The van der Waals surface area contributed by atoms with Crippen LogP contribution in [0.25, 0.3) is 0 Å². The van der Waals surface area contributed by atoms with Crippen molar-refractivity contribution in [1.29, 1.82) is 0 Å². The number of piperazine rings is 1. The third-order valence-corrected chi connectivity index (χ3v) is 6.98. The molecule has 0 spiro atoms. The van der Waals surface area contributed by atoms with E-state index in [1.54, 1.807) is 25.3 Å². The van der Waals surface area contributed by atoms with Crippen molar-refractivity contribution in [1.82, 2.24) is 0 Å². The molecule has 5 rings (SSSR count). The third kappa shape index (κ3) is 4.51. The average molecular weight is 473 g/mol. The number of benzene rings is 3. The number of nitro groups is 1. The Morgan fingerprint density at radius 1 is 1.09 bits per heavy atom. The van der Waals surface area contributed by atoms with Crippen LogP contribution >= 0.6 is 0 Å². The van der Waals surface area contributed by atoms with E-state index in [0.717, 1.165) is 30.0 Å². The highest BCUT2D eigenvalue weighted by molar-refractivity contribution is 5.94. The molecular formula is C27H28N4O4. The average Bonchev–Trinajstić information content (AvgIpc) is 2.88. The van der Waals surface area contributed by atoms with Crippen molar-refractivity contribution in [2.24, 2.45) is 5.92 Å². The standard InChI is InChI=1S/C27H28N4O4/c1-18-6-8-21(9-7-18)29-12-13-30-25-11-10-22(31(33)34)14-19(25)15-24(26(30)17-29)27(32)28-20-4-3-5-23(16-20)35-2/h3-11,14,16,24,26H,12-13,15,17H2,1-2H3,(H,28,32)/t24-,26+/m0/s1. The van der Waals surface area contributed by atoms with Gasteiger partial charge in [0.05, 0.1) is 24.0 Å². The van der Waals surface area contributed by atoms with Gasteiger partial charge in [-0.1, -0.05) is 23.8 Å². The molecule has 180 valence electrons. The molecule has 1 amide bonds. The fourth-order valence-corrected chi connectivity index (χ4v) is 5.15. The highest BCUT2D eigenvalue weighted by atomic mass is 16.6. The molecule has 3 aromatic rings. The highest BCUT2D eigenvalue weighted by Gasteiger charge is 2.42. The molecule has 2 aliphatic rings. The maximum atomic E-state index is 13.6. The lowest BCUT2D eigenvalue weighted by Crippen LogP contribution is -2.60. The summed E-state index contributed by atoms with van der Waals surface area (Å²) in [4.78, 5) is 29.2.